The molecule has 5 aromatic carbocycles. The molecule has 1 heterocycles. The summed E-state index contributed by atoms with van der Waals surface area (Å²) in [6, 6.07) is 39.1. The van der Waals surface area contributed by atoms with Crippen LogP contribution < -0.4 is 0 Å². The SMILES string of the molecule is CC1(c2cccc(-c3ccccc3)c2)c2ccc(Cl)cc2-c2c1ccc1c2[nH]c2ccccc21. The van der Waals surface area contributed by atoms with Gasteiger partial charge in [-0.2, -0.15) is 0 Å². The Kier molecular flexibility index (Phi) is 4.10. The Morgan fingerprint density at radius 2 is 1.41 bits per heavy atom. The first-order valence-corrected chi connectivity index (χ1v) is 12.0. The molecule has 34 heavy (non-hydrogen) atoms. The maximum absolute atomic E-state index is 6.55. The van der Waals surface area contributed by atoms with Gasteiger partial charge < -0.3 is 4.98 Å². The number of H-pyrrole nitrogens is 1. The van der Waals surface area contributed by atoms with E-state index in [2.05, 4.69) is 115 Å². The maximum atomic E-state index is 6.55. The predicted molar refractivity (Wildman–Crippen MR) is 144 cm³/mol. The summed E-state index contributed by atoms with van der Waals surface area (Å²) in [6.45, 7) is 2.35. The molecule has 0 radical (unpaired) electrons. The van der Waals surface area contributed by atoms with E-state index < -0.39 is 0 Å². The van der Waals surface area contributed by atoms with Crippen LogP contribution >= 0.6 is 11.6 Å². The van der Waals surface area contributed by atoms with E-state index in [0.29, 0.717) is 0 Å². The molecule has 1 N–H and O–H groups in total. The van der Waals surface area contributed by atoms with Crippen molar-refractivity contribution < 1.29 is 0 Å². The highest BCUT2D eigenvalue weighted by molar-refractivity contribution is 6.31. The van der Waals surface area contributed by atoms with Gasteiger partial charge in [0.15, 0.2) is 0 Å². The van der Waals surface area contributed by atoms with Crippen molar-refractivity contribution in [1.82, 2.24) is 4.98 Å². The summed E-state index contributed by atoms with van der Waals surface area (Å²) in [7, 11) is 0. The largest absolute Gasteiger partial charge is 0.354 e. The van der Waals surface area contributed by atoms with Gasteiger partial charge in [-0.3, -0.25) is 0 Å². The minimum Gasteiger partial charge on any atom is -0.354 e. The number of aromatic nitrogens is 1. The van der Waals surface area contributed by atoms with E-state index in [-0.39, 0.29) is 5.41 Å². The van der Waals surface area contributed by atoms with E-state index >= 15 is 0 Å². The molecule has 1 aromatic heterocycles. The van der Waals surface area contributed by atoms with E-state index in [9.17, 15) is 0 Å². The molecule has 1 atom stereocenters. The van der Waals surface area contributed by atoms with Gasteiger partial charge >= 0.3 is 0 Å². The van der Waals surface area contributed by atoms with Gasteiger partial charge in [-0.05, 0) is 64.6 Å². The van der Waals surface area contributed by atoms with E-state index in [1.54, 1.807) is 0 Å². The van der Waals surface area contributed by atoms with Crippen LogP contribution in [0.4, 0.5) is 0 Å². The fraction of sp³-hybridized carbons (Fsp3) is 0.0625. The predicted octanol–water partition coefficient (Wildman–Crippen LogP) is 8.98. The molecule has 0 aliphatic heterocycles. The third-order valence-corrected chi connectivity index (χ3v) is 7.79. The number of hydrogen-bond acceptors (Lipinski definition) is 0. The number of fused-ring (bicyclic) bond motifs is 7. The lowest BCUT2D eigenvalue weighted by atomic mass is 9.73. The molecule has 0 spiro atoms. The van der Waals surface area contributed by atoms with E-state index in [1.807, 2.05) is 6.07 Å². The van der Waals surface area contributed by atoms with Crippen molar-refractivity contribution in [3.63, 3.8) is 0 Å². The van der Waals surface area contributed by atoms with Gasteiger partial charge in [0.25, 0.3) is 0 Å². The molecular formula is C32H22ClN. The van der Waals surface area contributed by atoms with Crippen LogP contribution in [0, 0.1) is 0 Å². The van der Waals surface area contributed by atoms with Gasteiger partial charge in [-0.15, -0.1) is 0 Å². The standard InChI is InChI=1S/C32H22ClN/c1-32(22-11-7-10-21(18-22)20-8-3-2-4-9-20)27-16-14-23(33)19-26(27)30-28(32)17-15-25-24-12-5-6-13-29(24)34-31(25)30/h2-19,34H,1H3. The van der Waals surface area contributed by atoms with Crippen molar-refractivity contribution in [2.45, 2.75) is 12.3 Å². The normalized spacial score (nSPS) is 16.6. The van der Waals surface area contributed by atoms with Crippen molar-refractivity contribution in [3.8, 4) is 22.3 Å². The molecule has 1 aliphatic carbocycles. The fourth-order valence-electron chi connectivity index (χ4n) is 5.87. The van der Waals surface area contributed by atoms with Gasteiger partial charge in [0.05, 0.1) is 5.52 Å². The summed E-state index contributed by atoms with van der Waals surface area (Å²) < 4.78 is 0. The lowest BCUT2D eigenvalue weighted by Gasteiger charge is -2.29. The Morgan fingerprint density at radius 3 is 2.29 bits per heavy atom. The summed E-state index contributed by atoms with van der Waals surface area (Å²) >= 11 is 6.55. The Hall–Kier alpha value is -3.81. The van der Waals surface area contributed by atoms with Crippen LogP contribution in [-0.4, -0.2) is 4.98 Å². The van der Waals surface area contributed by atoms with Gasteiger partial charge in [0.1, 0.15) is 0 Å². The second kappa shape index (κ2) is 7.09. The molecule has 0 fully saturated rings. The van der Waals surface area contributed by atoms with Crippen LogP contribution in [0.3, 0.4) is 0 Å². The van der Waals surface area contributed by atoms with Gasteiger partial charge in [-0.25, -0.2) is 0 Å². The third kappa shape index (κ3) is 2.62. The average molecular weight is 456 g/mol. The van der Waals surface area contributed by atoms with Crippen LogP contribution in [0.2, 0.25) is 5.02 Å². The van der Waals surface area contributed by atoms with Crippen molar-refractivity contribution in [2.75, 3.05) is 0 Å². The zero-order chi connectivity index (χ0) is 22.9. The first kappa shape index (κ1) is 19.6. The molecule has 6 aromatic rings. The maximum Gasteiger partial charge on any atom is 0.0547 e. The van der Waals surface area contributed by atoms with Crippen LogP contribution in [-0.2, 0) is 5.41 Å². The molecule has 1 nitrogen and oxygen atoms in total. The number of rotatable bonds is 2. The van der Waals surface area contributed by atoms with Gasteiger partial charge in [-0.1, -0.05) is 96.5 Å². The highest BCUT2D eigenvalue weighted by Crippen LogP contribution is 2.55. The number of para-hydroxylation sites is 1. The van der Waals surface area contributed by atoms with Crippen molar-refractivity contribution in [2.24, 2.45) is 0 Å². The van der Waals surface area contributed by atoms with Crippen LogP contribution in [0.15, 0.2) is 109 Å². The molecule has 2 heteroatoms. The quantitative estimate of drug-likeness (QED) is 0.268. The molecule has 7 rings (SSSR count). The molecule has 0 bridgehead atoms. The minimum atomic E-state index is -0.286. The summed E-state index contributed by atoms with van der Waals surface area (Å²) in [4.78, 5) is 3.72. The first-order chi connectivity index (χ1) is 16.6. The first-order valence-electron chi connectivity index (χ1n) is 11.6. The summed E-state index contributed by atoms with van der Waals surface area (Å²) in [6.07, 6.45) is 0. The van der Waals surface area contributed by atoms with E-state index in [4.69, 9.17) is 11.6 Å². The van der Waals surface area contributed by atoms with Crippen molar-refractivity contribution in [1.29, 1.82) is 0 Å². The molecule has 162 valence electrons. The molecule has 0 amide bonds. The Bertz CT molecular complexity index is 1730. The smallest absolute Gasteiger partial charge is 0.0547 e. The summed E-state index contributed by atoms with van der Waals surface area (Å²) in [5.74, 6) is 0. The number of benzene rings is 5. The second-order valence-corrected chi connectivity index (χ2v) is 9.78. The number of hydrogen-bond donors (Lipinski definition) is 1. The average Bonchev–Trinajstić information content (AvgIpc) is 3.38. The lowest BCUT2D eigenvalue weighted by Crippen LogP contribution is -2.22. The molecule has 0 saturated heterocycles. The Morgan fingerprint density at radius 1 is 0.647 bits per heavy atom. The van der Waals surface area contributed by atoms with Crippen LogP contribution in [0.25, 0.3) is 44.1 Å². The Labute approximate surface area is 203 Å². The van der Waals surface area contributed by atoms with Crippen molar-refractivity contribution >= 4 is 33.4 Å². The van der Waals surface area contributed by atoms with Crippen molar-refractivity contribution in [3.05, 3.63) is 131 Å². The molecule has 1 unspecified atom stereocenters. The minimum absolute atomic E-state index is 0.286. The Balaban J connectivity index is 1.55. The van der Waals surface area contributed by atoms with Crippen LogP contribution in [0.5, 0.6) is 0 Å². The summed E-state index contributed by atoms with van der Waals surface area (Å²) in [5.41, 5.74) is 10.9. The van der Waals surface area contributed by atoms with Gasteiger partial charge in [0.2, 0.25) is 0 Å². The highest BCUT2D eigenvalue weighted by atomic mass is 35.5. The fourth-order valence-corrected chi connectivity index (χ4v) is 6.04. The number of nitrogens with one attached hydrogen (secondary N) is 1. The topological polar surface area (TPSA) is 15.8 Å². The molecular weight excluding hydrogens is 434 g/mol. The zero-order valence-corrected chi connectivity index (χ0v) is 19.5. The highest BCUT2D eigenvalue weighted by Gasteiger charge is 2.42. The van der Waals surface area contributed by atoms with E-state index in [1.165, 1.54) is 55.2 Å². The summed E-state index contributed by atoms with van der Waals surface area (Å²) in [5, 5.41) is 3.27. The van der Waals surface area contributed by atoms with Crippen LogP contribution in [0.1, 0.15) is 23.6 Å². The molecule has 1 aliphatic rings. The second-order valence-electron chi connectivity index (χ2n) is 9.34. The zero-order valence-electron chi connectivity index (χ0n) is 18.8. The van der Waals surface area contributed by atoms with Gasteiger partial charge in [0, 0.05) is 32.3 Å². The third-order valence-electron chi connectivity index (χ3n) is 7.56. The number of aromatic amines is 1. The lowest BCUT2D eigenvalue weighted by molar-refractivity contribution is 0.714. The van der Waals surface area contributed by atoms with E-state index in [0.717, 1.165) is 10.5 Å². The monoisotopic (exact) mass is 455 g/mol. The molecule has 0 saturated carbocycles. The number of halogens is 1.